The summed E-state index contributed by atoms with van der Waals surface area (Å²) in [5, 5.41) is 6.50. The van der Waals surface area contributed by atoms with E-state index in [1.54, 1.807) is 29.4 Å². The third-order valence-corrected chi connectivity index (χ3v) is 5.46. The summed E-state index contributed by atoms with van der Waals surface area (Å²) >= 11 is 0. The molecule has 0 unspecified atom stereocenters. The van der Waals surface area contributed by atoms with Gasteiger partial charge in [-0.25, -0.2) is 9.97 Å². The van der Waals surface area contributed by atoms with Gasteiger partial charge in [0, 0.05) is 43.6 Å². The maximum Gasteiger partial charge on any atom is 0.295 e. The molecule has 0 saturated carbocycles. The number of hydrogen-bond acceptors (Lipinski definition) is 7. The minimum absolute atomic E-state index is 0.230. The topological polar surface area (TPSA) is 97.6 Å². The molecule has 0 saturated heterocycles. The number of rotatable bonds is 6. The Morgan fingerprint density at radius 2 is 1.79 bits per heavy atom. The first-order chi connectivity index (χ1) is 16.2. The van der Waals surface area contributed by atoms with E-state index in [0.717, 1.165) is 28.1 Å². The van der Waals surface area contributed by atoms with Crippen LogP contribution in [-0.4, -0.2) is 31.0 Å². The molecule has 0 aliphatic carbocycles. The summed E-state index contributed by atoms with van der Waals surface area (Å²) in [6.45, 7) is 3.51. The molecule has 33 heavy (non-hydrogen) atoms. The summed E-state index contributed by atoms with van der Waals surface area (Å²) in [6.07, 6.45) is 11.0. The van der Waals surface area contributed by atoms with Crippen LogP contribution >= 0.6 is 0 Å². The molecule has 2 N–H and O–H groups in total. The van der Waals surface area contributed by atoms with Crippen LogP contribution in [0.2, 0.25) is 0 Å². The number of dihydropyridines is 1. The van der Waals surface area contributed by atoms with Gasteiger partial charge in [0.15, 0.2) is 11.5 Å². The lowest BCUT2D eigenvalue weighted by Gasteiger charge is -2.16. The van der Waals surface area contributed by atoms with E-state index in [9.17, 15) is 4.79 Å². The summed E-state index contributed by atoms with van der Waals surface area (Å²) in [7, 11) is 0. The number of aromatic nitrogens is 5. The van der Waals surface area contributed by atoms with Gasteiger partial charge in [-0.2, -0.15) is 0 Å². The van der Waals surface area contributed by atoms with Gasteiger partial charge in [0.05, 0.1) is 12.2 Å². The Kier molecular flexibility index (Phi) is 5.63. The lowest BCUT2D eigenvalue weighted by Crippen LogP contribution is -2.27. The highest BCUT2D eigenvalue weighted by Gasteiger charge is 2.15. The predicted molar refractivity (Wildman–Crippen MR) is 128 cm³/mol. The van der Waals surface area contributed by atoms with Gasteiger partial charge in [0.25, 0.3) is 5.56 Å². The molecule has 1 aliphatic rings. The van der Waals surface area contributed by atoms with Crippen molar-refractivity contribution in [3.05, 3.63) is 106 Å². The van der Waals surface area contributed by atoms with E-state index in [4.69, 9.17) is 4.98 Å². The second kappa shape index (κ2) is 9.04. The number of nitrogens with one attached hydrogen (secondary N) is 2. The molecule has 0 atom stereocenters. The SMILES string of the molecule is CC1=CC=C(c2ccc3nc(NCc4cccnc4)c(=O)n(Cc4cccnc4)c3n2)CN1. The van der Waals surface area contributed by atoms with Crippen LogP contribution in [0.15, 0.2) is 83.8 Å². The van der Waals surface area contributed by atoms with Crippen molar-refractivity contribution in [2.45, 2.75) is 20.0 Å². The smallest absolute Gasteiger partial charge is 0.295 e. The van der Waals surface area contributed by atoms with Crippen LogP contribution in [0.4, 0.5) is 5.82 Å². The second-order valence-corrected chi connectivity index (χ2v) is 7.86. The van der Waals surface area contributed by atoms with E-state index in [1.807, 2.05) is 49.4 Å². The van der Waals surface area contributed by atoms with E-state index in [0.29, 0.717) is 30.8 Å². The lowest BCUT2D eigenvalue weighted by atomic mass is 10.1. The van der Waals surface area contributed by atoms with E-state index >= 15 is 0 Å². The van der Waals surface area contributed by atoms with Crippen molar-refractivity contribution in [1.29, 1.82) is 0 Å². The lowest BCUT2D eigenvalue weighted by molar-refractivity contribution is 0.771. The van der Waals surface area contributed by atoms with Crippen LogP contribution in [-0.2, 0) is 13.1 Å². The highest BCUT2D eigenvalue weighted by Crippen LogP contribution is 2.20. The van der Waals surface area contributed by atoms with Gasteiger partial charge in [0.1, 0.15) is 5.52 Å². The fourth-order valence-corrected chi connectivity index (χ4v) is 3.68. The van der Waals surface area contributed by atoms with E-state index in [-0.39, 0.29) is 11.4 Å². The fraction of sp³-hybridized carbons (Fsp3) is 0.160. The van der Waals surface area contributed by atoms with Gasteiger partial charge in [-0.05, 0) is 54.0 Å². The molecule has 4 aromatic rings. The van der Waals surface area contributed by atoms with Crippen LogP contribution in [0, 0.1) is 0 Å². The first-order valence-electron chi connectivity index (χ1n) is 10.7. The van der Waals surface area contributed by atoms with Crippen molar-refractivity contribution in [2.75, 3.05) is 11.9 Å². The summed E-state index contributed by atoms with van der Waals surface area (Å²) in [6, 6.07) is 11.5. The minimum atomic E-state index is -0.230. The number of nitrogens with zero attached hydrogens (tertiary/aromatic N) is 5. The molecule has 4 aromatic heterocycles. The van der Waals surface area contributed by atoms with Gasteiger partial charge in [-0.3, -0.25) is 19.3 Å². The van der Waals surface area contributed by atoms with Gasteiger partial charge < -0.3 is 10.6 Å². The second-order valence-electron chi connectivity index (χ2n) is 7.86. The minimum Gasteiger partial charge on any atom is -0.384 e. The normalized spacial score (nSPS) is 13.2. The highest BCUT2D eigenvalue weighted by molar-refractivity contribution is 5.77. The molecule has 0 amide bonds. The molecule has 1 aliphatic heterocycles. The Balaban J connectivity index is 1.59. The standard InChI is InChI=1S/C25H23N7O/c1-17-6-7-20(15-28-17)21-8-9-22-24(31-21)32(16-19-5-3-11-27-13-19)25(33)23(30-22)29-14-18-4-2-10-26-12-18/h2-13,28H,14-16H2,1H3,(H,29,30). The first kappa shape index (κ1) is 20.6. The van der Waals surface area contributed by atoms with E-state index < -0.39 is 0 Å². The van der Waals surface area contributed by atoms with Crippen molar-refractivity contribution >= 4 is 22.6 Å². The Hall–Kier alpha value is -4.33. The Morgan fingerprint density at radius 3 is 2.48 bits per heavy atom. The molecule has 0 aromatic carbocycles. The molecule has 0 bridgehead atoms. The zero-order chi connectivity index (χ0) is 22.6. The molecule has 5 rings (SSSR count). The zero-order valence-corrected chi connectivity index (χ0v) is 18.2. The van der Waals surface area contributed by atoms with Crippen LogP contribution < -0.4 is 16.2 Å². The Labute approximate surface area is 190 Å². The third kappa shape index (κ3) is 4.50. The summed E-state index contributed by atoms with van der Waals surface area (Å²) in [5.74, 6) is 0.280. The maximum atomic E-state index is 13.5. The molecule has 0 fully saturated rings. The average Bonchev–Trinajstić information content (AvgIpc) is 2.86. The molecule has 0 spiro atoms. The average molecular weight is 438 g/mol. The Morgan fingerprint density at radius 1 is 1.00 bits per heavy atom. The van der Waals surface area contributed by atoms with Crippen molar-refractivity contribution in [2.24, 2.45) is 0 Å². The van der Waals surface area contributed by atoms with Gasteiger partial charge in [-0.1, -0.05) is 18.2 Å². The predicted octanol–water partition coefficient (Wildman–Crippen LogP) is 3.13. The number of anilines is 1. The summed E-state index contributed by atoms with van der Waals surface area (Å²) in [4.78, 5) is 31.2. The zero-order valence-electron chi connectivity index (χ0n) is 18.2. The molecule has 8 nitrogen and oxygen atoms in total. The van der Waals surface area contributed by atoms with Crippen LogP contribution in [0.25, 0.3) is 16.7 Å². The van der Waals surface area contributed by atoms with Gasteiger partial charge >= 0.3 is 0 Å². The van der Waals surface area contributed by atoms with Gasteiger partial charge in [0.2, 0.25) is 0 Å². The van der Waals surface area contributed by atoms with Crippen LogP contribution in [0.1, 0.15) is 23.7 Å². The molecule has 0 radical (unpaired) electrons. The number of pyridine rings is 3. The number of hydrogen-bond donors (Lipinski definition) is 2. The molecule has 8 heteroatoms. The number of allylic oxidation sites excluding steroid dienone is 3. The van der Waals surface area contributed by atoms with Crippen molar-refractivity contribution in [1.82, 2.24) is 29.8 Å². The number of fused-ring (bicyclic) bond motifs is 1. The van der Waals surface area contributed by atoms with Crippen LogP contribution in [0.3, 0.4) is 0 Å². The quantitative estimate of drug-likeness (QED) is 0.478. The summed E-state index contributed by atoms with van der Waals surface area (Å²) < 4.78 is 1.66. The summed E-state index contributed by atoms with van der Waals surface area (Å²) in [5.41, 5.74) is 5.82. The Bertz CT molecular complexity index is 1410. The van der Waals surface area contributed by atoms with Gasteiger partial charge in [-0.15, -0.1) is 0 Å². The largest absolute Gasteiger partial charge is 0.384 e. The fourth-order valence-electron chi connectivity index (χ4n) is 3.68. The monoisotopic (exact) mass is 437 g/mol. The molecular weight excluding hydrogens is 414 g/mol. The molecule has 5 heterocycles. The van der Waals surface area contributed by atoms with E-state index in [1.165, 1.54) is 0 Å². The first-order valence-corrected chi connectivity index (χ1v) is 10.7. The molecule has 164 valence electrons. The third-order valence-electron chi connectivity index (χ3n) is 5.46. The van der Waals surface area contributed by atoms with Crippen molar-refractivity contribution < 1.29 is 0 Å². The van der Waals surface area contributed by atoms with Crippen LogP contribution in [0.5, 0.6) is 0 Å². The van der Waals surface area contributed by atoms with Crippen molar-refractivity contribution in [3.63, 3.8) is 0 Å². The van der Waals surface area contributed by atoms with Crippen molar-refractivity contribution in [3.8, 4) is 0 Å². The highest BCUT2D eigenvalue weighted by atomic mass is 16.1. The molecular formula is C25H23N7O. The maximum absolute atomic E-state index is 13.5. The van der Waals surface area contributed by atoms with E-state index in [2.05, 4.69) is 31.7 Å².